The minimum absolute atomic E-state index is 0.986. The van der Waals surface area contributed by atoms with Crippen LogP contribution in [0, 0.1) is 13.8 Å². The number of aliphatic imine (C=N–C) groups is 1. The number of hydrogen-bond donors (Lipinski definition) is 0. The quantitative estimate of drug-likeness (QED) is 0.522. The summed E-state index contributed by atoms with van der Waals surface area (Å²) in [6.45, 7) is 7.56. The van der Waals surface area contributed by atoms with Crippen molar-refractivity contribution >= 4 is 12.4 Å². The van der Waals surface area contributed by atoms with E-state index >= 15 is 0 Å². The average Bonchev–Trinajstić information content (AvgIpc) is 1.94. The zero-order valence-electron chi connectivity index (χ0n) is 6.39. The van der Waals surface area contributed by atoms with Gasteiger partial charge in [-0.3, -0.25) is 4.99 Å². The third-order valence-electron chi connectivity index (χ3n) is 1.53. The van der Waals surface area contributed by atoms with Gasteiger partial charge in [-0.1, -0.05) is 12.1 Å². The van der Waals surface area contributed by atoms with E-state index in [-0.39, 0.29) is 0 Å². The van der Waals surface area contributed by atoms with Crippen molar-refractivity contribution in [1.82, 2.24) is 0 Å². The second-order valence-electron chi connectivity index (χ2n) is 2.45. The summed E-state index contributed by atoms with van der Waals surface area (Å²) >= 11 is 0. The predicted molar refractivity (Wildman–Crippen MR) is 45.1 cm³/mol. The fourth-order valence-electron chi connectivity index (χ4n) is 0.890. The summed E-state index contributed by atoms with van der Waals surface area (Å²) in [7, 11) is 0. The highest BCUT2D eigenvalue weighted by molar-refractivity contribution is 5.52. The first-order valence-electron chi connectivity index (χ1n) is 3.28. The van der Waals surface area contributed by atoms with E-state index in [1.165, 1.54) is 11.1 Å². The fraction of sp³-hybridized carbons (Fsp3) is 0.222. The zero-order chi connectivity index (χ0) is 7.56. The summed E-state index contributed by atoms with van der Waals surface area (Å²) in [5, 5.41) is 0. The van der Waals surface area contributed by atoms with Crippen molar-refractivity contribution < 1.29 is 0 Å². The number of nitrogens with zero attached hydrogens (tertiary/aromatic N) is 1. The molecule has 0 N–H and O–H groups in total. The molecule has 0 saturated carbocycles. The van der Waals surface area contributed by atoms with Crippen LogP contribution in [0.25, 0.3) is 0 Å². The third-order valence-corrected chi connectivity index (χ3v) is 1.53. The third kappa shape index (κ3) is 1.24. The molecule has 0 aliphatic heterocycles. The minimum atomic E-state index is 0.986. The van der Waals surface area contributed by atoms with E-state index in [2.05, 4.69) is 23.8 Å². The van der Waals surface area contributed by atoms with E-state index in [0.29, 0.717) is 0 Å². The maximum absolute atomic E-state index is 3.88. The largest absolute Gasteiger partial charge is 0.264 e. The Labute approximate surface area is 61.4 Å². The molecule has 0 heterocycles. The first-order chi connectivity index (χ1) is 4.74. The molecule has 0 radical (unpaired) electrons. The molecule has 1 heteroatoms. The molecule has 0 amide bonds. The highest BCUT2D eigenvalue weighted by Gasteiger charge is 1.92. The van der Waals surface area contributed by atoms with Gasteiger partial charge < -0.3 is 0 Å². The first kappa shape index (κ1) is 7.00. The minimum Gasteiger partial charge on any atom is -0.264 e. The molecule has 0 aliphatic carbocycles. The summed E-state index contributed by atoms with van der Waals surface area (Å²) in [5.41, 5.74) is 3.40. The van der Waals surface area contributed by atoms with Gasteiger partial charge in [-0.05, 0) is 37.8 Å². The summed E-state index contributed by atoms with van der Waals surface area (Å²) < 4.78 is 0. The molecule has 0 aliphatic rings. The molecule has 0 atom stereocenters. The zero-order valence-corrected chi connectivity index (χ0v) is 6.39. The Morgan fingerprint density at radius 2 is 2.00 bits per heavy atom. The Kier molecular flexibility index (Phi) is 1.86. The molecule has 10 heavy (non-hydrogen) atoms. The van der Waals surface area contributed by atoms with Crippen LogP contribution in [0.2, 0.25) is 0 Å². The Hall–Kier alpha value is -1.11. The summed E-state index contributed by atoms with van der Waals surface area (Å²) in [6.07, 6.45) is 0. The second-order valence-corrected chi connectivity index (χ2v) is 2.45. The number of aryl methyl sites for hydroxylation is 2. The van der Waals surface area contributed by atoms with Gasteiger partial charge in [-0.25, -0.2) is 0 Å². The normalized spacial score (nSPS) is 9.40. The van der Waals surface area contributed by atoms with Crippen LogP contribution in [0.3, 0.4) is 0 Å². The first-order valence-corrected chi connectivity index (χ1v) is 3.28. The number of rotatable bonds is 1. The number of benzene rings is 1. The SMILES string of the molecule is C=Nc1cc(C)ccc1C. The van der Waals surface area contributed by atoms with Gasteiger partial charge in [0.1, 0.15) is 0 Å². The molecule has 0 unspecified atom stereocenters. The van der Waals surface area contributed by atoms with Gasteiger partial charge >= 0.3 is 0 Å². The fourth-order valence-corrected chi connectivity index (χ4v) is 0.890. The molecule has 0 fully saturated rings. The van der Waals surface area contributed by atoms with E-state index < -0.39 is 0 Å². The maximum atomic E-state index is 3.88. The predicted octanol–water partition coefficient (Wildman–Crippen LogP) is 2.64. The van der Waals surface area contributed by atoms with Gasteiger partial charge in [0.05, 0.1) is 5.69 Å². The van der Waals surface area contributed by atoms with Gasteiger partial charge in [0, 0.05) is 0 Å². The van der Waals surface area contributed by atoms with Crippen molar-refractivity contribution in [2.75, 3.05) is 0 Å². The molecule has 1 aromatic carbocycles. The maximum Gasteiger partial charge on any atom is 0.0654 e. The van der Waals surface area contributed by atoms with E-state index in [4.69, 9.17) is 0 Å². The van der Waals surface area contributed by atoms with E-state index in [0.717, 1.165) is 5.69 Å². The Bertz CT molecular complexity index is 251. The van der Waals surface area contributed by atoms with Crippen molar-refractivity contribution in [2.45, 2.75) is 13.8 Å². The van der Waals surface area contributed by atoms with Gasteiger partial charge in [0.25, 0.3) is 0 Å². The molecule has 1 rings (SSSR count). The van der Waals surface area contributed by atoms with E-state index in [1.807, 2.05) is 19.9 Å². The molecule has 0 saturated heterocycles. The number of hydrogen-bond acceptors (Lipinski definition) is 1. The van der Waals surface area contributed by atoms with Crippen LogP contribution in [0.4, 0.5) is 5.69 Å². The van der Waals surface area contributed by atoms with Crippen LogP contribution in [-0.2, 0) is 0 Å². The lowest BCUT2D eigenvalue weighted by Crippen LogP contribution is -1.75. The Morgan fingerprint density at radius 1 is 1.30 bits per heavy atom. The van der Waals surface area contributed by atoms with Crippen molar-refractivity contribution in [3.63, 3.8) is 0 Å². The second kappa shape index (κ2) is 2.65. The summed E-state index contributed by atoms with van der Waals surface area (Å²) in [5.74, 6) is 0. The Balaban J connectivity index is 3.21. The van der Waals surface area contributed by atoms with Crippen LogP contribution in [-0.4, -0.2) is 6.72 Å². The van der Waals surface area contributed by atoms with Gasteiger partial charge in [-0.2, -0.15) is 0 Å². The highest BCUT2D eigenvalue weighted by Crippen LogP contribution is 2.18. The topological polar surface area (TPSA) is 12.4 Å². The molecule has 0 bridgehead atoms. The molecule has 52 valence electrons. The van der Waals surface area contributed by atoms with Crippen molar-refractivity contribution in [2.24, 2.45) is 4.99 Å². The lowest BCUT2D eigenvalue weighted by atomic mass is 10.1. The standard InChI is InChI=1S/C9H11N/c1-7-4-5-8(2)9(6-7)10-3/h4-6H,3H2,1-2H3. The lowest BCUT2D eigenvalue weighted by molar-refractivity contribution is 1.36. The monoisotopic (exact) mass is 133 g/mol. The van der Waals surface area contributed by atoms with Crippen LogP contribution in [0.5, 0.6) is 0 Å². The van der Waals surface area contributed by atoms with Crippen LogP contribution in [0.15, 0.2) is 23.2 Å². The van der Waals surface area contributed by atoms with Gasteiger partial charge in [0.15, 0.2) is 0 Å². The van der Waals surface area contributed by atoms with Crippen LogP contribution < -0.4 is 0 Å². The average molecular weight is 133 g/mol. The molecular weight excluding hydrogens is 122 g/mol. The molecule has 0 aromatic heterocycles. The van der Waals surface area contributed by atoms with E-state index in [9.17, 15) is 0 Å². The van der Waals surface area contributed by atoms with Crippen LogP contribution in [0.1, 0.15) is 11.1 Å². The molecule has 1 nitrogen and oxygen atoms in total. The molecule has 1 aromatic rings. The highest BCUT2D eigenvalue weighted by atomic mass is 14.7. The van der Waals surface area contributed by atoms with Crippen molar-refractivity contribution in [1.29, 1.82) is 0 Å². The smallest absolute Gasteiger partial charge is 0.0654 e. The van der Waals surface area contributed by atoms with E-state index in [1.54, 1.807) is 0 Å². The van der Waals surface area contributed by atoms with Crippen molar-refractivity contribution in [3.05, 3.63) is 29.3 Å². The summed E-state index contributed by atoms with van der Waals surface area (Å²) in [6, 6.07) is 6.16. The summed E-state index contributed by atoms with van der Waals surface area (Å²) in [4.78, 5) is 3.88. The molecule has 0 spiro atoms. The Morgan fingerprint density at radius 3 is 2.50 bits per heavy atom. The van der Waals surface area contributed by atoms with Crippen LogP contribution >= 0.6 is 0 Å². The lowest BCUT2D eigenvalue weighted by Gasteiger charge is -1.98. The molecular formula is C9H11N. The van der Waals surface area contributed by atoms with Gasteiger partial charge in [0.2, 0.25) is 0 Å². The van der Waals surface area contributed by atoms with Gasteiger partial charge in [-0.15, -0.1) is 0 Å². The van der Waals surface area contributed by atoms with Crippen molar-refractivity contribution in [3.8, 4) is 0 Å².